The fourth-order valence-electron chi connectivity index (χ4n) is 2.53. The molecule has 6 nitrogen and oxygen atoms in total. The van der Waals surface area contributed by atoms with Crippen LogP contribution in [0.25, 0.3) is 0 Å². The minimum absolute atomic E-state index is 0.00133. The van der Waals surface area contributed by atoms with Crippen LogP contribution >= 0.6 is 0 Å². The van der Waals surface area contributed by atoms with E-state index in [4.69, 9.17) is 4.74 Å². The standard InChI is InChI=1S/C15H22N2O4S/c1-11-9-21-10-12(2)17(11)15(18)13-5-7-14(8-6-13)22(19,20)16(3)4/h5-8,11-12H,9-10H2,1-4H3. The van der Waals surface area contributed by atoms with Crippen molar-refractivity contribution in [3.63, 3.8) is 0 Å². The van der Waals surface area contributed by atoms with Crippen molar-refractivity contribution < 1.29 is 17.9 Å². The number of morpholine rings is 1. The third-order valence-corrected chi connectivity index (χ3v) is 5.61. The first-order chi connectivity index (χ1) is 10.2. The summed E-state index contributed by atoms with van der Waals surface area (Å²) in [5.41, 5.74) is 0.485. The Balaban J connectivity index is 2.25. The fraction of sp³-hybridized carbons (Fsp3) is 0.533. The van der Waals surface area contributed by atoms with E-state index in [2.05, 4.69) is 0 Å². The van der Waals surface area contributed by atoms with E-state index >= 15 is 0 Å². The molecule has 1 heterocycles. The van der Waals surface area contributed by atoms with Gasteiger partial charge in [-0.1, -0.05) is 0 Å². The van der Waals surface area contributed by atoms with Crippen LogP contribution in [0.15, 0.2) is 29.2 Å². The number of sulfonamides is 1. The van der Waals surface area contributed by atoms with Crippen molar-refractivity contribution in [1.29, 1.82) is 0 Å². The predicted molar refractivity (Wildman–Crippen MR) is 83.2 cm³/mol. The average molecular weight is 326 g/mol. The molecule has 0 aliphatic carbocycles. The van der Waals surface area contributed by atoms with E-state index < -0.39 is 10.0 Å². The third-order valence-electron chi connectivity index (χ3n) is 3.78. The summed E-state index contributed by atoms with van der Waals surface area (Å²) in [7, 11) is -0.522. The molecule has 1 aliphatic heterocycles. The van der Waals surface area contributed by atoms with Crippen LogP contribution in [0.3, 0.4) is 0 Å². The molecule has 0 N–H and O–H groups in total. The number of carbonyl (C=O) groups excluding carboxylic acids is 1. The molecule has 2 unspecified atom stereocenters. The van der Waals surface area contributed by atoms with E-state index in [-0.39, 0.29) is 22.9 Å². The predicted octanol–water partition coefficient (Wildman–Crippen LogP) is 1.19. The maximum atomic E-state index is 12.6. The van der Waals surface area contributed by atoms with Crippen LogP contribution in [0, 0.1) is 0 Å². The number of rotatable bonds is 3. The Kier molecular flexibility index (Phi) is 4.89. The normalized spacial score (nSPS) is 22.9. The molecule has 1 aromatic rings. The second-order valence-corrected chi connectivity index (χ2v) is 7.91. The molecule has 0 saturated carbocycles. The lowest BCUT2D eigenvalue weighted by Gasteiger charge is -2.38. The Hall–Kier alpha value is -1.44. The van der Waals surface area contributed by atoms with Gasteiger partial charge >= 0.3 is 0 Å². The number of carbonyl (C=O) groups is 1. The number of hydrogen-bond donors (Lipinski definition) is 0. The zero-order valence-electron chi connectivity index (χ0n) is 13.3. The van der Waals surface area contributed by atoms with Crippen molar-refractivity contribution in [3.05, 3.63) is 29.8 Å². The van der Waals surface area contributed by atoms with E-state index in [9.17, 15) is 13.2 Å². The van der Waals surface area contributed by atoms with Crippen molar-refractivity contribution in [2.75, 3.05) is 27.3 Å². The highest BCUT2D eigenvalue weighted by Gasteiger charge is 2.30. The Bertz CT molecular complexity index is 630. The smallest absolute Gasteiger partial charge is 0.254 e. The molecule has 1 fully saturated rings. The summed E-state index contributed by atoms with van der Waals surface area (Å²) in [4.78, 5) is 14.6. The van der Waals surface area contributed by atoms with Crippen LogP contribution in [-0.4, -0.2) is 62.9 Å². The first kappa shape index (κ1) is 16.9. The molecule has 1 aliphatic rings. The highest BCUT2D eigenvalue weighted by atomic mass is 32.2. The molecule has 122 valence electrons. The van der Waals surface area contributed by atoms with Crippen LogP contribution in [0.2, 0.25) is 0 Å². The molecule has 1 aromatic carbocycles. The molecule has 2 atom stereocenters. The molecule has 7 heteroatoms. The van der Waals surface area contributed by atoms with Gasteiger partial charge in [0.2, 0.25) is 10.0 Å². The van der Waals surface area contributed by atoms with Crippen LogP contribution in [0.1, 0.15) is 24.2 Å². The molecule has 1 amide bonds. The van der Waals surface area contributed by atoms with E-state index in [1.807, 2.05) is 13.8 Å². The second kappa shape index (κ2) is 6.36. The highest BCUT2D eigenvalue weighted by Crippen LogP contribution is 2.19. The van der Waals surface area contributed by atoms with Gasteiger partial charge in [-0.3, -0.25) is 4.79 Å². The van der Waals surface area contributed by atoms with Gasteiger partial charge in [0.15, 0.2) is 0 Å². The minimum Gasteiger partial charge on any atom is -0.377 e. The number of nitrogens with zero attached hydrogens (tertiary/aromatic N) is 2. The Morgan fingerprint density at radius 2 is 1.64 bits per heavy atom. The third kappa shape index (κ3) is 3.16. The van der Waals surface area contributed by atoms with Crippen molar-refractivity contribution in [2.45, 2.75) is 30.8 Å². The summed E-state index contributed by atoms with van der Waals surface area (Å²) in [5.74, 6) is -0.0999. The number of amides is 1. The monoisotopic (exact) mass is 326 g/mol. The van der Waals surface area contributed by atoms with Gasteiger partial charge in [-0.2, -0.15) is 0 Å². The summed E-state index contributed by atoms with van der Waals surface area (Å²) in [6.07, 6.45) is 0. The lowest BCUT2D eigenvalue weighted by atomic mass is 10.1. The molecular weight excluding hydrogens is 304 g/mol. The van der Waals surface area contributed by atoms with Gasteiger partial charge in [-0.05, 0) is 38.1 Å². The molecule has 0 radical (unpaired) electrons. The van der Waals surface area contributed by atoms with E-state index in [0.29, 0.717) is 18.8 Å². The van der Waals surface area contributed by atoms with Crippen LogP contribution in [-0.2, 0) is 14.8 Å². The SMILES string of the molecule is CC1COCC(C)N1C(=O)c1ccc(S(=O)(=O)N(C)C)cc1. The minimum atomic E-state index is -3.48. The first-order valence-electron chi connectivity index (χ1n) is 7.18. The van der Waals surface area contributed by atoms with Crippen molar-refractivity contribution >= 4 is 15.9 Å². The van der Waals surface area contributed by atoms with Gasteiger partial charge in [-0.15, -0.1) is 0 Å². The van der Waals surface area contributed by atoms with Gasteiger partial charge < -0.3 is 9.64 Å². The van der Waals surface area contributed by atoms with E-state index in [1.165, 1.54) is 26.2 Å². The number of ether oxygens (including phenoxy) is 1. The van der Waals surface area contributed by atoms with Crippen LogP contribution in [0.5, 0.6) is 0 Å². The summed E-state index contributed by atoms with van der Waals surface area (Å²) >= 11 is 0. The lowest BCUT2D eigenvalue weighted by molar-refractivity contribution is -0.0249. The summed E-state index contributed by atoms with van der Waals surface area (Å²) in [6, 6.07) is 6.07. The zero-order valence-corrected chi connectivity index (χ0v) is 14.1. The van der Waals surface area contributed by atoms with Gasteiger partial charge in [0.05, 0.1) is 30.2 Å². The Morgan fingerprint density at radius 3 is 2.09 bits per heavy atom. The molecule has 22 heavy (non-hydrogen) atoms. The lowest BCUT2D eigenvalue weighted by Crippen LogP contribution is -2.52. The van der Waals surface area contributed by atoms with Gasteiger partial charge in [0, 0.05) is 19.7 Å². The number of benzene rings is 1. The summed E-state index contributed by atoms with van der Waals surface area (Å²) in [5, 5.41) is 0. The van der Waals surface area contributed by atoms with E-state index in [0.717, 1.165) is 4.31 Å². The first-order valence-corrected chi connectivity index (χ1v) is 8.62. The average Bonchev–Trinajstić information content (AvgIpc) is 2.47. The second-order valence-electron chi connectivity index (χ2n) is 5.76. The maximum absolute atomic E-state index is 12.6. The number of hydrogen-bond acceptors (Lipinski definition) is 4. The van der Waals surface area contributed by atoms with Crippen molar-refractivity contribution in [3.8, 4) is 0 Å². The zero-order chi connectivity index (χ0) is 16.5. The molecule has 0 bridgehead atoms. The quantitative estimate of drug-likeness (QED) is 0.837. The molecular formula is C15H22N2O4S. The van der Waals surface area contributed by atoms with Gasteiger partial charge in [-0.25, -0.2) is 12.7 Å². The Labute approximate surface area is 131 Å². The van der Waals surface area contributed by atoms with Crippen molar-refractivity contribution in [2.24, 2.45) is 0 Å². The van der Waals surface area contributed by atoms with Crippen LogP contribution in [0.4, 0.5) is 0 Å². The summed E-state index contributed by atoms with van der Waals surface area (Å²) < 4.78 is 30.6. The summed E-state index contributed by atoms with van der Waals surface area (Å²) in [6.45, 7) is 4.92. The Morgan fingerprint density at radius 1 is 1.14 bits per heavy atom. The molecule has 2 rings (SSSR count). The highest BCUT2D eigenvalue weighted by molar-refractivity contribution is 7.89. The largest absolute Gasteiger partial charge is 0.377 e. The van der Waals surface area contributed by atoms with E-state index in [1.54, 1.807) is 17.0 Å². The molecule has 1 saturated heterocycles. The van der Waals surface area contributed by atoms with Crippen LogP contribution < -0.4 is 0 Å². The van der Waals surface area contributed by atoms with Gasteiger partial charge in [0.1, 0.15) is 0 Å². The topological polar surface area (TPSA) is 66.9 Å². The molecule has 0 spiro atoms. The maximum Gasteiger partial charge on any atom is 0.254 e. The van der Waals surface area contributed by atoms with Crippen molar-refractivity contribution in [1.82, 2.24) is 9.21 Å². The fourth-order valence-corrected chi connectivity index (χ4v) is 3.44. The van der Waals surface area contributed by atoms with Gasteiger partial charge in [0.25, 0.3) is 5.91 Å². The molecule has 0 aromatic heterocycles.